The number of aliphatic carboxylic acids is 1. The van der Waals surface area contributed by atoms with Gasteiger partial charge in [-0.25, -0.2) is 4.79 Å². The van der Waals surface area contributed by atoms with Gasteiger partial charge in [-0.05, 0) is 13.8 Å². The van der Waals surface area contributed by atoms with Gasteiger partial charge in [-0.3, -0.25) is 5.43 Å². The standard InChI is InChI=1S/C7H10N2O2/c1-3-4-5-8-9-6(2)7(10)11/h8H,5H2,1-2H3,(H,10,11)/b9-6+. The van der Waals surface area contributed by atoms with E-state index in [0.29, 0.717) is 6.54 Å². The van der Waals surface area contributed by atoms with E-state index in [2.05, 4.69) is 22.4 Å². The summed E-state index contributed by atoms with van der Waals surface area (Å²) in [6, 6.07) is 0. The maximum absolute atomic E-state index is 10.2. The Kier molecular flexibility index (Phi) is 4.58. The largest absolute Gasteiger partial charge is 0.477 e. The number of carbonyl (C=O) groups is 1. The molecule has 0 unspecified atom stereocenters. The molecular formula is C7H10N2O2. The molecule has 0 aromatic heterocycles. The van der Waals surface area contributed by atoms with Crippen LogP contribution in [0.2, 0.25) is 0 Å². The number of hydrogen-bond donors (Lipinski definition) is 2. The quantitative estimate of drug-likeness (QED) is 0.261. The first-order valence-electron chi connectivity index (χ1n) is 3.08. The van der Waals surface area contributed by atoms with Crippen molar-refractivity contribution in [2.75, 3.05) is 6.54 Å². The summed E-state index contributed by atoms with van der Waals surface area (Å²) in [7, 11) is 0. The summed E-state index contributed by atoms with van der Waals surface area (Å²) >= 11 is 0. The molecule has 0 aromatic rings. The summed E-state index contributed by atoms with van der Waals surface area (Å²) in [6.45, 7) is 3.49. The number of carboxylic acid groups (broad SMARTS) is 1. The lowest BCUT2D eigenvalue weighted by Gasteiger charge is -1.93. The maximum atomic E-state index is 10.2. The minimum atomic E-state index is -1.03. The zero-order valence-corrected chi connectivity index (χ0v) is 6.51. The van der Waals surface area contributed by atoms with Gasteiger partial charge in [0, 0.05) is 0 Å². The Balaban J connectivity index is 3.71. The predicted molar refractivity (Wildman–Crippen MR) is 42.2 cm³/mol. The molecule has 0 amide bonds. The molecule has 0 aromatic carbocycles. The third-order valence-corrected chi connectivity index (χ3v) is 0.900. The van der Waals surface area contributed by atoms with Crippen molar-refractivity contribution in [1.82, 2.24) is 5.43 Å². The van der Waals surface area contributed by atoms with Gasteiger partial charge >= 0.3 is 5.97 Å². The average Bonchev–Trinajstić information content (AvgIpc) is 1.97. The van der Waals surface area contributed by atoms with Gasteiger partial charge in [0.05, 0.1) is 6.54 Å². The molecule has 0 bridgehead atoms. The van der Waals surface area contributed by atoms with E-state index in [9.17, 15) is 4.79 Å². The van der Waals surface area contributed by atoms with Gasteiger partial charge in [0.25, 0.3) is 0 Å². The van der Waals surface area contributed by atoms with E-state index in [1.165, 1.54) is 6.92 Å². The second-order valence-corrected chi connectivity index (χ2v) is 1.76. The minimum absolute atomic E-state index is 0.0305. The topological polar surface area (TPSA) is 61.7 Å². The van der Waals surface area contributed by atoms with Crippen LogP contribution in [0.5, 0.6) is 0 Å². The molecule has 0 atom stereocenters. The zero-order valence-electron chi connectivity index (χ0n) is 6.51. The zero-order chi connectivity index (χ0) is 8.69. The fourth-order valence-electron chi connectivity index (χ4n) is 0.334. The van der Waals surface area contributed by atoms with E-state index in [1.807, 2.05) is 0 Å². The van der Waals surface area contributed by atoms with Gasteiger partial charge in [0.1, 0.15) is 5.71 Å². The summed E-state index contributed by atoms with van der Waals surface area (Å²) in [5.74, 6) is 4.30. The van der Waals surface area contributed by atoms with Crippen molar-refractivity contribution >= 4 is 11.7 Å². The molecule has 11 heavy (non-hydrogen) atoms. The third-order valence-electron chi connectivity index (χ3n) is 0.900. The van der Waals surface area contributed by atoms with Crippen LogP contribution in [0.15, 0.2) is 5.10 Å². The summed E-state index contributed by atoms with van der Waals surface area (Å²) in [5.41, 5.74) is 2.53. The third kappa shape index (κ3) is 4.97. The second-order valence-electron chi connectivity index (χ2n) is 1.76. The first-order valence-corrected chi connectivity index (χ1v) is 3.08. The maximum Gasteiger partial charge on any atom is 0.351 e. The Hall–Kier alpha value is -1.50. The number of rotatable bonds is 3. The van der Waals surface area contributed by atoms with E-state index in [0.717, 1.165) is 0 Å². The van der Waals surface area contributed by atoms with Crippen LogP contribution in [0.3, 0.4) is 0 Å². The van der Waals surface area contributed by atoms with Crippen LogP contribution in [0, 0.1) is 11.8 Å². The van der Waals surface area contributed by atoms with Gasteiger partial charge in [0.15, 0.2) is 0 Å². The Bertz CT molecular complexity index is 222. The summed E-state index contributed by atoms with van der Waals surface area (Å²) in [6.07, 6.45) is 0. The molecule has 0 aliphatic heterocycles. The van der Waals surface area contributed by atoms with E-state index in [4.69, 9.17) is 5.11 Å². The smallest absolute Gasteiger partial charge is 0.351 e. The fourth-order valence-corrected chi connectivity index (χ4v) is 0.334. The van der Waals surface area contributed by atoms with Crippen LogP contribution in [0.4, 0.5) is 0 Å². The molecule has 4 nitrogen and oxygen atoms in total. The molecule has 0 rings (SSSR count). The van der Waals surface area contributed by atoms with Crippen molar-refractivity contribution in [2.45, 2.75) is 13.8 Å². The Morgan fingerprint density at radius 1 is 1.73 bits per heavy atom. The van der Waals surface area contributed by atoms with Gasteiger partial charge in [-0.1, -0.05) is 5.92 Å². The van der Waals surface area contributed by atoms with Crippen molar-refractivity contribution in [1.29, 1.82) is 0 Å². The van der Waals surface area contributed by atoms with Crippen molar-refractivity contribution in [3.63, 3.8) is 0 Å². The summed E-state index contributed by atoms with van der Waals surface area (Å²) < 4.78 is 0. The van der Waals surface area contributed by atoms with Crippen LogP contribution in [0.25, 0.3) is 0 Å². The summed E-state index contributed by atoms with van der Waals surface area (Å²) in [5, 5.41) is 11.9. The predicted octanol–water partition coefficient (Wildman–Crippen LogP) is 0.0598. The van der Waals surface area contributed by atoms with Crippen molar-refractivity contribution in [3.05, 3.63) is 0 Å². The highest BCUT2D eigenvalue weighted by Crippen LogP contribution is 1.72. The van der Waals surface area contributed by atoms with E-state index < -0.39 is 5.97 Å². The summed E-state index contributed by atoms with van der Waals surface area (Å²) in [4.78, 5) is 10.2. The number of hydrogen-bond acceptors (Lipinski definition) is 3. The average molecular weight is 154 g/mol. The highest BCUT2D eigenvalue weighted by atomic mass is 16.4. The molecule has 4 heteroatoms. The number of hydrazone groups is 1. The normalized spacial score (nSPS) is 9.82. The second kappa shape index (κ2) is 5.30. The minimum Gasteiger partial charge on any atom is -0.477 e. The molecule has 0 fully saturated rings. The first-order chi connectivity index (χ1) is 5.18. The van der Waals surface area contributed by atoms with Crippen LogP contribution < -0.4 is 5.43 Å². The highest BCUT2D eigenvalue weighted by Gasteiger charge is 1.98. The number of nitrogens with one attached hydrogen (secondary N) is 1. The number of carboxylic acids is 1. The van der Waals surface area contributed by atoms with Crippen LogP contribution >= 0.6 is 0 Å². The molecule has 0 heterocycles. The molecular weight excluding hydrogens is 144 g/mol. The van der Waals surface area contributed by atoms with Crippen molar-refractivity contribution < 1.29 is 9.90 Å². The fraction of sp³-hybridized carbons (Fsp3) is 0.429. The van der Waals surface area contributed by atoms with Crippen LogP contribution in [0.1, 0.15) is 13.8 Å². The van der Waals surface area contributed by atoms with Crippen LogP contribution in [-0.4, -0.2) is 23.3 Å². The molecule has 60 valence electrons. The monoisotopic (exact) mass is 154 g/mol. The first kappa shape index (κ1) is 9.50. The number of nitrogens with zero attached hydrogens (tertiary/aromatic N) is 1. The van der Waals surface area contributed by atoms with Gasteiger partial charge < -0.3 is 5.11 Å². The Labute approximate surface area is 65.3 Å². The van der Waals surface area contributed by atoms with Gasteiger partial charge in [-0.2, -0.15) is 5.10 Å². The van der Waals surface area contributed by atoms with Crippen molar-refractivity contribution in [2.24, 2.45) is 5.10 Å². The van der Waals surface area contributed by atoms with E-state index >= 15 is 0 Å². The SMILES string of the molecule is CC#CCN/N=C(\C)C(=O)O. The van der Waals surface area contributed by atoms with E-state index in [-0.39, 0.29) is 5.71 Å². The molecule has 0 spiro atoms. The lowest BCUT2D eigenvalue weighted by atomic mass is 10.4. The molecule has 0 aliphatic carbocycles. The Morgan fingerprint density at radius 3 is 2.82 bits per heavy atom. The van der Waals surface area contributed by atoms with Gasteiger partial charge in [0.2, 0.25) is 0 Å². The molecule has 0 saturated carbocycles. The lowest BCUT2D eigenvalue weighted by molar-refractivity contribution is -0.129. The lowest BCUT2D eigenvalue weighted by Crippen LogP contribution is -2.15. The molecule has 0 saturated heterocycles. The molecule has 0 aliphatic rings. The molecule has 0 radical (unpaired) electrons. The molecule has 2 N–H and O–H groups in total. The van der Waals surface area contributed by atoms with Crippen LogP contribution in [-0.2, 0) is 4.79 Å². The Morgan fingerprint density at radius 2 is 2.36 bits per heavy atom. The van der Waals surface area contributed by atoms with Gasteiger partial charge in [-0.15, -0.1) is 5.92 Å². The van der Waals surface area contributed by atoms with E-state index in [1.54, 1.807) is 6.92 Å². The van der Waals surface area contributed by atoms with Crippen molar-refractivity contribution in [3.8, 4) is 11.8 Å². The highest BCUT2D eigenvalue weighted by molar-refractivity contribution is 6.34.